The Morgan fingerprint density at radius 3 is 1.94 bits per heavy atom. The summed E-state index contributed by atoms with van der Waals surface area (Å²) >= 11 is 0. The Balaban J connectivity index is 1.38. The Kier molecular flexibility index (Phi) is 6.64. The summed E-state index contributed by atoms with van der Waals surface area (Å²) in [6, 6.07) is 14.8. The van der Waals surface area contributed by atoms with Gasteiger partial charge >= 0.3 is 0 Å². The topological polar surface area (TPSA) is 123 Å². The van der Waals surface area contributed by atoms with Gasteiger partial charge in [-0.25, -0.2) is 12.8 Å². The van der Waals surface area contributed by atoms with Gasteiger partial charge in [-0.05, 0) is 60.7 Å². The molecule has 0 saturated heterocycles. The summed E-state index contributed by atoms with van der Waals surface area (Å²) in [6.45, 7) is 0.922. The first-order chi connectivity index (χ1) is 16.3. The van der Waals surface area contributed by atoms with Crippen LogP contribution in [0.4, 0.5) is 10.1 Å². The lowest BCUT2D eigenvalue weighted by molar-refractivity contribution is 0.0846. The number of nitrogens with one attached hydrogen (secondary N) is 3. The van der Waals surface area contributed by atoms with Crippen LogP contribution in [0.2, 0.25) is 0 Å². The molecule has 0 bridgehead atoms. The maximum atomic E-state index is 12.9. The summed E-state index contributed by atoms with van der Waals surface area (Å²) in [5.74, 6) is -0.880. The van der Waals surface area contributed by atoms with Crippen LogP contribution in [-0.2, 0) is 10.0 Å². The number of ether oxygens (including phenoxy) is 2. The second-order valence-electron chi connectivity index (χ2n) is 7.26. The smallest absolute Gasteiger partial charge is 0.269 e. The number of sulfonamides is 1. The SMILES string of the molecule is O=C(NNC(=O)c1ccc(NS(=O)(=O)c2ccc3c(c2)OCCCO3)cc1)c1ccc(F)cc1. The summed E-state index contributed by atoms with van der Waals surface area (Å²) in [7, 11) is -3.92. The van der Waals surface area contributed by atoms with Crippen LogP contribution in [0, 0.1) is 5.82 Å². The number of halogens is 1. The van der Waals surface area contributed by atoms with Gasteiger partial charge in [0.15, 0.2) is 11.5 Å². The van der Waals surface area contributed by atoms with Crippen molar-refractivity contribution in [1.29, 1.82) is 0 Å². The summed E-state index contributed by atoms with van der Waals surface area (Å²) in [4.78, 5) is 24.3. The van der Waals surface area contributed by atoms with Gasteiger partial charge in [-0.1, -0.05) is 0 Å². The Morgan fingerprint density at radius 1 is 0.765 bits per heavy atom. The van der Waals surface area contributed by atoms with E-state index in [-0.39, 0.29) is 21.7 Å². The van der Waals surface area contributed by atoms with Crippen LogP contribution in [-0.4, -0.2) is 33.4 Å². The van der Waals surface area contributed by atoms with E-state index in [1.54, 1.807) is 6.07 Å². The first-order valence-corrected chi connectivity index (χ1v) is 11.7. The van der Waals surface area contributed by atoms with Crippen molar-refractivity contribution >= 4 is 27.5 Å². The largest absolute Gasteiger partial charge is 0.490 e. The molecule has 0 saturated carbocycles. The van der Waals surface area contributed by atoms with E-state index < -0.39 is 27.7 Å². The maximum Gasteiger partial charge on any atom is 0.269 e. The van der Waals surface area contributed by atoms with E-state index in [1.165, 1.54) is 48.5 Å². The van der Waals surface area contributed by atoms with Crippen molar-refractivity contribution in [2.45, 2.75) is 11.3 Å². The molecule has 3 aromatic carbocycles. The van der Waals surface area contributed by atoms with E-state index in [1.807, 2.05) is 0 Å². The van der Waals surface area contributed by atoms with E-state index >= 15 is 0 Å². The van der Waals surface area contributed by atoms with Crippen LogP contribution < -0.4 is 25.0 Å². The monoisotopic (exact) mass is 485 g/mol. The van der Waals surface area contributed by atoms with Crippen LogP contribution in [0.25, 0.3) is 0 Å². The van der Waals surface area contributed by atoms with Crippen LogP contribution in [0.1, 0.15) is 27.1 Å². The van der Waals surface area contributed by atoms with Gasteiger partial charge in [0.25, 0.3) is 21.8 Å². The van der Waals surface area contributed by atoms with Gasteiger partial charge in [-0.2, -0.15) is 0 Å². The molecule has 0 spiro atoms. The minimum absolute atomic E-state index is 0.00192. The molecule has 1 aliphatic rings. The third-order valence-corrected chi connectivity index (χ3v) is 6.20. The Bertz CT molecular complexity index is 1310. The van der Waals surface area contributed by atoms with Crippen molar-refractivity contribution < 1.29 is 31.9 Å². The van der Waals surface area contributed by atoms with Gasteiger partial charge in [0.1, 0.15) is 5.82 Å². The van der Waals surface area contributed by atoms with Crippen LogP contribution in [0.5, 0.6) is 11.5 Å². The fourth-order valence-electron chi connectivity index (χ4n) is 3.07. The van der Waals surface area contributed by atoms with Crippen molar-refractivity contribution in [3.8, 4) is 11.5 Å². The van der Waals surface area contributed by atoms with E-state index in [2.05, 4.69) is 15.6 Å². The zero-order valence-electron chi connectivity index (χ0n) is 17.7. The number of hydrogen-bond donors (Lipinski definition) is 3. The van der Waals surface area contributed by atoms with Crippen molar-refractivity contribution in [2.24, 2.45) is 0 Å². The highest BCUT2D eigenvalue weighted by atomic mass is 32.2. The highest BCUT2D eigenvalue weighted by Gasteiger charge is 2.19. The molecule has 0 unspecified atom stereocenters. The molecule has 0 atom stereocenters. The minimum atomic E-state index is -3.92. The van der Waals surface area contributed by atoms with Crippen LogP contribution in [0.15, 0.2) is 71.6 Å². The zero-order valence-corrected chi connectivity index (χ0v) is 18.5. The van der Waals surface area contributed by atoms with Gasteiger partial charge in [-0.3, -0.25) is 25.2 Å². The van der Waals surface area contributed by atoms with Crippen molar-refractivity contribution in [3.05, 3.63) is 83.7 Å². The first-order valence-electron chi connectivity index (χ1n) is 10.2. The average Bonchev–Trinajstić information content (AvgIpc) is 3.08. The molecule has 4 rings (SSSR count). The summed E-state index contributed by atoms with van der Waals surface area (Å²) < 4.78 is 52.0. The molecule has 176 valence electrons. The van der Waals surface area contributed by atoms with Crippen molar-refractivity contribution in [1.82, 2.24) is 10.9 Å². The van der Waals surface area contributed by atoms with Crippen LogP contribution >= 0.6 is 0 Å². The van der Waals surface area contributed by atoms with E-state index in [9.17, 15) is 22.4 Å². The summed E-state index contributed by atoms with van der Waals surface area (Å²) in [5.41, 5.74) is 5.05. The van der Waals surface area contributed by atoms with Crippen LogP contribution in [0.3, 0.4) is 0 Å². The predicted octanol–water partition coefficient (Wildman–Crippen LogP) is 2.86. The fourth-order valence-corrected chi connectivity index (χ4v) is 4.15. The molecule has 0 fully saturated rings. The molecule has 2 amide bonds. The molecule has 0 aromatic heterocycles. The second-order valence-corrected chi connectivity index (χ2v) is 8.94. The number of carbonyl (C=O) groups excluding carboxylic acids is 2. The van der Waals surface area contributed by atoms with Gasteiger partial charge in [-0.15, -0.1) is 0 Å². The van der Waals surface area contributed by atoms with E-state index in [0.29, 0.717) is 31.1 Å². The molecule has 9 nitrogen and oxygen atoms in total. The average molecular weight is 485 g/mol. The molecule has 0 aliphatic carbocycles. The number of anilines is 1. The Hall–Kier alpha value is -4.12. The second kappa shape index (κ2) is 9.79. The molecule has 1 aliphatic heterocycles. The quantitative estimate of drug-likeness (QED) is 0.478. The molecule has 11 heteroatoms. The lowest BCUT2D eigenvalue weighted by atomic mass is 10.2. The van der Waals surface area contributed by atoms with Gasteiger partial charge in [0.05, 0.1) is 18.1 Å². The highest BCUT2D eigenvalue weighted by Crippen LogP contribution is 2.32. The third kappa shape index (κ3) is 5.44. The lowest BCUT2D eigenvalue weighted by Crippen LogP contribution is -2.41. The van der Waals surface area contributed by atoms with Gasteiger partial charge < -0.3 is 9.47 Å². The highest BCUT2D eigenvalue weighted by molar-refractivity contribution is 7.92. The standard InChI is InChI=1S/C23H20FN3O6S/c24-17-6-2-15(3-7-17)22(28)25-26-23(29)16-4-8-18(9-5-16)27-34(30,31)19-10-11-20-21(14-19)33-13-1-12-32-20/h2-11,14,27H,1,12-13H2,(H,25,28)(H,26,29). The maximum absolute atomic E-state index is 12.9. The molecule has 0 radical (unpaired) electrons. The first kappa shape index (κ1) is 23.1. The predicted molar refractivity (Wildman–Crippen MR) is 121 cm³/mol. The molecule has 3 aromatic rings. The number of benzene rings is 3. The normalized spacial score (nSPS) is 12.9. The van der Waals surface area contributed by atoms with Crippen molar-refractivity contribution in [2.75, 3.05) is 17.9 Å². The Morgan fingerprint density at radius 2 is 1.32 bits per heavy atom. The fraction of sp³-hybridized carbons (Fsp3) is 0.130. The number of rotatable bonds is 5. The van der Waals surface area contributed by atoms with E-state index in [4.69, 9.17) is 9.47 Å². The van der Waals surface area contributed by atoms with Crippen molar-refractivity contribution in [3.63, 3.8) is 0 Å². The zero-order chi connectivity index (χ0) is 24.1. The number of hydrazine groups is 1. The third-order valence-electron chi connectivity index (χ3n) is 4.82. The number of carbonyl (C=O) groups is 2. The number of fused-ring (bicyclic) bond motifs is 1. The molecular formula is C23H20FN3O6S. The summed E-state index contributed by atoms with van der Waals surface area (Å²) in [6.07, 6.45) is 0.699. The molecular weight excluding hydrogens is 465 g/mol. The van der Waals surface area contributed by atoms with Gasteiger partial charge in [0.2, 0.25) is 0 Å². The minimum Gasteiger partial charge on any atom is -0.490 e. The summed E-state index contributed by atoms with van der Waals surface area (Å²) in [5, 5.41) is 0. The van der Waals surface area contributed by atoms with Gasteiger partial charge in [0, 0.05) is 29.3 Å². The molecule has 3 N–H and O–H groups in total. The van der Waals surface area contributed by atoms with E-state index in [0.717, 1.165) is 12.1 Å². The number of amides is 2. The lowest BCUT2D eigenvalue weighted by Gasteiger charge is -2.12. The molecule has 34 heavy (non-hydrogen) atoms. The Labute approximate surface area is 194 Å². The molecule has 1 heterocycles. The number of hydrogen-bond acceptors (Lipinski definition) is 6.